The number of aromatic nitrogens is 2. The number of nitrogens with zero attached hydrogens (tertiary/aromatic N) is 2. The molecule has 2 aromatic carbocycles. The maximum Gasteiger partial charge on any atom is 0.416 e. The maximum absolute atomic E-state index is 13.3. The van der Waals surface area contributed by atoms with Crippen molar-refractivity contribution in [3.8, 4) is 5.75 Å². The van der Waals surface area contributed by atoms with Gasteiger partial charge in [0.1, 0.15) is 11.6 Å². The minimum atomic E-state index is -4.42. The molecule has 0 aliphatic rings. The van der Waals surface area contributed by atoms with E-state index in [4.69, 9.17) is 9.84 Å². The Balaban J connectivity index is 2.03. The van der Waals surface area contributed by atoms with Gasteiger partial charge in [0.05, 0.1) is 30.8 Å². The summed E-state index contributed by atoms with van der Waals surface area (Å²) in [6.45, 7) is 3.42. The van der Waals surface area contributed by atoms with Crippen molar-refractivity contribution in [2.45, 2.75) is 26.1 Å². The van der Waals surface area contributed by atoms with Crippen LogP contribution in [-0.2, 0) is 6.18 Å². The number of halogens is 3. The minimum Gasteiger partial charge on any atom is -0.497 e. The molecule has 1 aromatic heterocycles. The van der Waals surface area contributed by atoms with Crippen LogP contribution >= 0.6 is 0 Å². The lowest BCUT2D eigenvalue weighted by Crippen LogP contribution is -2.15. The molecule has 0 amide bonds. The van der Waals surface area contributed by atoms with Crippen LogP contribution in [0.15, 0.2) is 36.4 Å². The van der Waals surface area contributed by atoms with E-state index in [1.165, 1.54) is 13.0 Å². The molecule has 0 aliphatic heterocycles. The fraction of sp³-hybridized carbons (Fsp3) is 0.333. The van der Waals surface area contributed by atoms with Crippen molar-refractivity contribution in [2.75, 3.05) is 30.9 Å². The molecule has 6 nitrogen and oxygen atoms in total. The third-order valence-corrected chi connectivity index (χ3v) is 4.80. The van der Waals surface area contributed by atoms with Crippen molar-refractivity contribution >= 4 is 22.7 Å². The minimum absolute atomic E-state index is 0.0907. The Labute approximate surface area is 172 Å². The van der Waals surface area contributed by atoms with Crippen molar-refractivity contribution in [3.63, 3.8) is 0 Å². The molecule has 0 saturated heterocycles. The number of benzene rings is 2. The number of hydrogen-bond acceptors (Lipinski definition) is 6. The lowest BCUT2D eigenvalue weighted by Gasteiger charge is -2.21. The molecular formula is C21H23F3N4O2. The molecule has 1 atom stereocenters. The van der Waals surface area contributed by atoms with E-state index in [-0.39, 0.29) is 18.7 Å². The quantitative estimate of drug-likeness (QED) is 0.521. The number of methoxy groups -OCH3 is 1. The maximum atomic E-state index is 13.3. The highest BCUT2D eigenvalue weighted by Crippen LogP contribution is 2.36. The normalized spacial score (nSPS) is 12.6. The molecule has 30 heavy (non-hydrogen) atoms. The fourth-order valence-electron chi connectivity index (χ4n) is 3.30. The summed E-state index contributed by atoms with van der Waals surface area (Å²) in [4.78, 5) is 8.87. The summed E-state index contributed by atoms with van der Waals surface area (Å²) in [6, 6.07) is 8.98. The summed E-state index contributed by atoms with van der Waals surface area (Å²) in [5.74, 6) is 1.36. The Morgan fingerprint density at radius 1 is 1.17 bits per heavy atom. The highest BCUT2D eigenvalue weighted by molar-refractivity contribution is 5.91. The van der Waals surface area contributed by atoms with Gasteiger partial charge in [-0.1, -0.05) is 12.1 Å². The second-order valence-electron chi connectivity index (χ2n) is 6.81. The summed E-state index contributed by atoms with van der Waals surface area (Å²) >= 11 is 0. The summed E-state index contributed by atoms with van der Waals surface area (Å²) in [6.07, 6.45) is -4.42. The van der Waals surface area contributed by atoms with Crippen LogP contribution < -0.4 is 15.4 Å². The van der Waals surface area contributed by atoms with Gasteiger partial charge in [0.15, 0.2) is 0 Å². The van der Waals surface area contributed by atoms with E-state index >= 15 is 0 Å². The number of anilines is 2. The highest BCUT2D eigenvalue weighted by atomic mass is 19.4. The first-order valence-corrected chi connectivity index (χ1v) is 9.38. The Bertz CT molecular complexity index is 1040. The van der Waals surface area contributed by atoms with E-state index in [0.717, 1.165) is 6.07 Å². The third kappa shape index (κ3) is 4.56. The zero-order valence-corrected chi connectivity index (χ0v) is 16.8. The van der Waals surface area contributed by atoms with Crippen molar-refractivity contribution in [1.29, 1.82) is 0 Å². The zero-order valence-electron chi connectivity index (χ0n) is 16.8. The summed E-state index contributed by atoms with van der Waals surface area (Å²) in [5.41, 5.74) is 0.652. The highest BCUT2D eigenvalue weighted by Gasteiger charge is 2.33. The molecule has 0 bridgehead atoms. The number of ether oxygens (including phenoxy) is 1. The van der Waals surface area contributed by atoms with Gasteiger partial charge in [0.2, 0.25) is 5.95 Å². The second kappa shape index (κ2) is 8.74. The van der Waals surface area contributed by atoms with Gasteiger partial charge in [-0.3, -0.25) is 0 Å². The van der Waals surface area contributed by atoms with Crippen molar-refractivity contribution in [3.05, 3.63) is 53.1 Å². The number of aliphatic hydroxyl groups is 1. The van der Waals surface area contributed by atoms with Gasteiger partial charge in [-0.05, 0) is 49.2 Å². The number of fused-ring (bicyclic) bond motifs is 1. The third-order valence-electron chi connectivity index (χ3n) is 4.80. The molecule has 0 fully saturated rings. The van der Waals surface area contributed by atoms with Crippen LogP contribution in [0.4, 0.5) is 24.9 Å². The molecule has 0 aliphatic carbocycles. The van der Waals surface area contributed by atoms with Crippen LogP contribution in [0, 0.1) is 6.92 Å². The largest absolute Gasteiger partial charge is 0.497 e. The first-order chi connectivity index (χ1) is 14.2. The van der Waals surface area contributed by atoms with Gasteiger partial charge in [0, 0.05) is 11.9 Å². The van der Waals surface area contributed by atoms with Crippen LogP contribution in [0.3, 0.4) is 0 Å². The topological polar surface area (TPSA) is 79.3 Å². The monoisotopic (exact) mass is 420 g/mol. The summed E-state index contributed by atoms with van der Waals surface area (Å²) in [5, 5.41) is 15.8. The number of rotatable bonds is 7. The van der Waals surface area contributed by atoms with Gasteiger partial charge >= 0.3 is 6.18 Å². The molecule has 3 rings (SSSR count). The van der Waals surface area contributed by atoms with E-state index in [0.29, 0.717) is 34.0 Å². The van der Waals surface area contributed by atoms with Crippen LogP contribution in [0.5, 0.6) is 5.75 Å². The molecule has 3 aromatic rings. The number of alkyl halides is 3. The molecule has 160 valence electrons. The SMILES string of the molecule is COc1ccc2nc(NCCO)nc(N[C@H](C)c3cccc(C(F)(F)F)c3C)c2c1. The van der Waals surface area contributed by atoms with E-state index in [1.54, 1.807) is 38.3 Å². The van der Waals surface area contributed by atoms with Crippen molar-refractivity contribution in [2.24, 2.45) is 0 Å². The van der Waals surface area contributed by atoms with E-state index < -0.39 is 17.8 Å². The van der Waals surface area contributed by atoms with Crippen molar-refractivity contribution in [1.82, 2.24) is 9.97 Å². The molecule has 0 radical (unpaired) electrons. The van der Waals surface area contributed by atoms with Crippen molar-refractivity contribution < 1.29 is 23.0 Å². The van der Waals surface area contributed by atoms with Gasteiger partial charge in [-0.25, -0.2) is 4.98 Å². The van der Waals surface area contributed by atoms with Gasteiger partial charge < -0.3 is 20.5 Å². The van der Waals surface area contributed by atoms with E-state index in [2.05, 4.69) is 20.6 Å². The number of nitrogens with one attached hydrogen (secondary N) is 2. The Hall–Kier alpha value is -3.07. The second-order valence-corrected chi connectivity index (χ2v) is 6.81. The number of aliphatic hydroxyl groups excluding tert-OH is 1. The lowest BCUT2D eigenvalue weighted by molar-refractivity contribution is -0.138. The Morgan fingerprint density at radius 2 is 1.93 bits per heavy atom. The smallest absolute Gasteiger partial charge is 0.416 e. The fourth-order valence-corrected chi connectivity index (χ4v) is 3.30. The van der Waals surface area contributed by atoms with E-state index in [1.807, 2.05) is 0 Å². The predicted octanol–water partition coefficient (Wildman–Crippen LogP) is 4.54. The molecule has 0 spiro atoms. The van der Waals surface area contributed by atoms with Crippen LogP contribution in [0.2, 0.25) is 0 Å². The standard InChI is InChI=1S/C21H23F3N4O2/c1-12-15(5-4-6-17(12)21(22,23)24)13(2)26-19-16-11-14(30-3)7-8-18(16)27-20(28-19)25-9-10-29/h4-8,11,13,29H,9-10H2,1-3H3,(H2,25,26,27,28)/t13-/m1/s1. The first kappa shape index (κ1) is 21.6. The molecular weight excluding hydrogens is 397 g/mol. The van der Waals surface area contributed by atoms with Crippen LogP contribution in [-0.4, -0.2) is 35.3 Å². The van der Waals surface area contributed by atoms with Crippen LogP contribution in [0.1, 0.15) is 29.7 Å². The predicted molar refractivity (Wildman–Crippen MR) is 110 cm³/mol. The molecule has 0 saturated carbocycles. The molecule has 0 unspecified atom stereocenters. The Kier molecular flexibility index (Phi) is 6.31. The van der Waals surface area contributed by atoms with Gasteiger partial charge in [0.25, 0.3) is 0 Å². The molecule has 9 heteroatoms. The molecule has 1 heterocycles. The lowest BCUT2D eigenvalue weighted by atomic mass is 9.97. The molecule has 3 N–H and O–H groups in total. The average Bonchev–Trinajstić information content (AvgIpc) is 2.71. The van der Waals surface area contributed by atoms with Gasteiger partial charge in [-0.15, -0.1) is 0 Å². The van der Waals surface area contributed by atoms with Crippen LogP contribution in [0.25, 0.3) is 10.9 Å². The van der Waals surface area contributed by atoms with Gasteiger partial charge in [-0.2, -0.15) is 18.2 Å². The Morgan fingerprint density at radius 3 is 2.60 bits per heavy atom. The number of hydrogen-bond donors (Lipinski definition) is 3. The average molecular weight is 420 g/mol. The van der Waals surface area contributed by atoms with E-state index in [9.17, 15) is 13.2 Å². The summed E-state index contributed by atoms with van der Waals surface area (Å²) < 4.78 is 45.2. The summed E-state index contributed by atoms with van der Waals surface area (Å²) in [7, 11) is 1.54. The zero-order chi connectivity index (χ0) is 21.9. The first-order valence-electron chi connectivity index (χ1n) is 9.38.